The van der Waals surface area contributed by atoms with Gasteiger partial charge in [0.2, 0.25) is 0 Å². The van der Waals surface area contributed by atoms with E-state index in [9.17, 15) is 0 Å². The van der Waals surface area contributed by atoms with E-state index in [4.69, 9.17) is 0 Å². The normalized spacial score (nSPS) is 14.2. The smallest absolute Gasteiger partial charge is 0.0165 e. The molecule has 0 saturated carbocycles. The molecule has 0 nitrogen and oxygen atoms in total. The Hall–Kier alpha value is -0.780. The first-order valence-electron chi connectivity index (χ1n) is 9.49. The summed E-state index contributed by atoms with van der Waals surface area (Å²) < 4.78 is 0. The molecule has 1 radical (unpaired) electrons. The first-order chi connectivity index (χ1) is 10.6. The van der Waals surface area contributed by atoms with Crippen molar-refractivity contribution in [2.45, 2.75) is 85.0 Å². The predicted molar refractivity (Wildman–Crippen MR) is 100 cm³/mol. The average molecular weight is 302 g/mol. The summed E-state index contributed by atoms with van der Waals surface area (Å²) in [5.41, 5.74) is 1.50. The largest absolute Gasteiger partial charge is 0.0625 e. The van der Waals surface area contributed by atoms with E-state index >= 15 is 0 Å². The van der Waals surface area contributed by atoms with E-state index in [0.717, 1.165) is 11.8 Å². The lowest BCUT2D eigenvalue weighted by atomic mass is 9.85. The molecule has 1 aromatic carbocycles. The Labute approximate surface area is 139 Å². The van der Waals surface area contributed by atoms with E-state index < -0.39 is 0 Å². The van der Waals surface area contributed by atoms with Gasteiger partial charge in [0.05, 0.1) is 0 Å². The van der Waals surface area contributed by atoms with Crippen molar-refractivity contribution >= 4 is 0 Å². The second-order valence-electron chi connectivity index (χ2n) is 7.36. The zero-order valence-electron chi connectivity index (χ0n) is 15.4. The zero-order valence-corrected chi connectivity index (χ0v) is 15.4. The van der Waals surface area contributed by atoms with Crippen molar-refractivity contribution in [3.05, 3.63) is 42.3 Å². The first kappa shape index (κ1) is 19.3. The summed E-state index contributed by atoms with van der Waals surface area (Å²) in [5, 5.41) is 0. The van der Waals surface area contributed by atoms with Crippen LogP contribution in [0.15, 0.2) is 30.3 Å². The minimum atomic E-state index is 0.688. The van der Waals surface area contributed by atoms with E-state index in [-0.39, 0.29) is 0 Å². The van der Waals surface area contributed by atoms with Crippen molar-refractivity contribution in [3.63, 3.8) is 0 Å². The Morgan fingerprint density at radius 3 is 2.00 bits per heavy atom. The van der Waals surface area contributed by atoms with Crippen LogP contribution in [-0.4, -0.2) is 0 Å². The van der Waals surface area contributed by atoms with Gasteiger partial charge in [-0.05, 0) is 36.2 Å². The maximum atomic E-state index is 2.45. The summed E-state index contributed by atoms with van der Waals surface area (Å²) in [5.74, 6) is 2.24. The van der Waals surface area contributed by atoms with Crippen LogP contribution in [0, 0.1) is 18.3 Å². The molecular weight excluding hydrogens is 264 g/mol. The van der Waals surface area contributed by atoms with E-state index in [0.29, 0.717) is 5.92 Å². The van der Waals surface area contributed by atoms with Gasteiger partial charge in [-0.25, -0.2) is 0 Å². The van der Waals surface area contributed by atoms with E-state index in [1.165, 1.54) is 56.9 Å². The number of hydrogen-bond acceptors (Lipinski definition) is 0. The molecule has 0 heterocycles. The van der Waals surface area contributed by atoms with Crippen LogP contribution < -0.4 is 0 Å². The summed E-state index contributed by atoms with van der Waals surface area (Å²) in [6, 6.07) is 11.0. The van der Waals surface area contributed by atoms with Gasteiger partial charge in [-0.1, -0.05) is 103 Å². The molecule has 0 aliphatic carbocycles. The molecule has 0 saturated heterocycles. The molecule has 125 valence electrons. The van der Waals surface area contributed by atoms with Crippen molar-refractivity contribution in [1.29, 1.82) is 0 Å². The van der Waals surface area contributed by atoms with Crippen LogP contribution in [0.1, 0.15) is 90.5 Å². The summed E-state index contributed by atoms with van der Waals surface area (Å²) in [6.45, 7) is 9.35. The maximum Gasteiger partial charge on any atom is -0.0165 e. The van der Waals surface area contributed by atoms with Crippen LogP contribution in [0.25, 0.3) is 0 Å². The topological polar surface area (TPSA) is 0 Å². The molecule has 0 bridgehead atoms. The third kappa shape index (κ3) is 8.61. The van der Waals surface area contributed by atoms with Gasteiger partial charge in [-0.2, -0.15) is 0 Å². The fourth-order valence-electron chi connectivity index (χ4n) is 3.10. The number of unbranched alkanes of at least 4 members (excludes halogenated alkanes) is 6. The molecule has 0 aliphatic rings. The average Bonchev–Trinajstić information content (AvgIpc) is 2.53. The first-order valence-corrected chi connectivity index (χ1v) is 9.49. The van der Waals surface area contributed by atoms with Crippen LogP contribution in [0.2, 0.25) is 0 Å². The fraction of sp³-hybridized carbons (Fsp3) is 0.682. The molecule has 0 N–H and O–H groups in total. The minimum Gasteiger partial charge on any atom is -0.0625 e. The summed E-state index contributed by atoms with van der Waals surface area (Å²) in [4.78, 5) is 0. The minimum absolute atomic E-state index is 0.688. The molecule has 0 amide bonds. The van der Waals surface area contributed by atoms with Crippen LogP contribution >= 0.6 is 0 Å². The second-order valence-corrected chi connectivity index (χ2v) is 7.36. The quantitative estimate of drug-likeness (QED) is 0.353. The third-order valence-electron chi connectivity index (χ3n) is 4.93. The fourth-order valence-corrected chi connectivity index (χ4v) is 3.10. The lowest BCUT2D eigenvalue weighted by Crippen LogP contribution is -2.06. The van der Waals surface area contributed by atoms with E-state index in [2.05, 4.69) is 64.4 Å². The highest BCUT2D eigenvalue weighted by Crippen LogP contribution is 2.28. The van der Waals surface area contributed by atoms with Crippen LogP contribution in [0.5, 0.6) is 0 Å². The lowest BCUT2D eigenvalue weighted by Gasteiger charge is -2.20. The standard InChI is InChI=1S/C22H37/c1-19(2)15-11-8-6-5-7-9-12-16-20(3)21(4)22-17-13-10-14-18-22/h10,13-15,17-21H,5-9,11-12,16H2,1-4H3. The molecule has 2 unspecified atom stereocenters. The van der Waals surface area contributed by atoms with Gasteiger partial charge in [-0.3, -0.25) is 0 Å². The van der Waals surface area contributed by atoms with Gasteiger partial charge in [0, 0.05) is 0 Å². The van der Waals surface area contributed by atoms with Crippen molar-refractivity contribution in [2.24, 2.45) is 11.8 Å². The van der Waals surface area contributed by atoms with Crippen molar-refractivity contribution in [2.75, 3.05) is 0 Å². The molecule has 2 atom stereocenters. The Kier molecular flexibility index (Phi) is 10.3. The number of rotatable bonds is 12. The zero-order chi connectivity index (χ0) is 16.2. The summed E-state index contributed by atoms with van der Waals surface area (Å²) >= 11 is 0. The molecule has 0 aromatic heterocycles. The van der Waals surface area contributed by atoms with E-state index in [1.807, 2.05) is 0 Å². The third-order valence-corrected chi connectivity index (χ3v) is 4.93. The lowest BCUT2D eigenvalue weighted by molar-refractivity contribution is 0.425. The highest BCUT2D eigenvalue weighted by Gasteiger charge is 2.13. The monoisotopic (exact) mass is 301 g/mol. The highest BCUT2D eigenvalue weighted by molar-refractivity contribution is 5.19. The molecule has 22 heavy (non-hydrogen) atoms. The Morgan fingerprint density at radius 2 is 1.36 bits per heavy atom. The second kappa shape index (κ2) is 11.7. The highest BCUT2D eigenvalue weighted by atomic mass is 14.2. The van der Waals surface area contributed by atoms with Crippen molar-refractivity contribution < 1.29 is 0 Å². The van der Waals surface area contributed by atoms with E-state index in [1.54, 1.807) is 0 Å². The van der Waals surface area contributed by atoms with Gasteiger partial charge >= 0.3 is 0 Å². The number of benzene rings is 1. The Balaban J connectivity index is 2.00. The van der Waals surface area contributed by atoms with Crippen LogP contribution in [-0.2, 0) is 0 Å². The SMILES string of the molecule is CC(C)[CH]CCCCCCCCC(C)C(C)c1ccccc1. The Morgan fingerprint density at radius 1 is 0.773 bits per heavy atom. The summed E-state index contributed by atoms with van der Waals surface area (Å²) in [7, 11) is 0. The van der Waals surface area contributed by atoms with Crippen LogP contribution in [0.3, 0.4) is 0 Å². The maximum absolute atomic E-state index is 2.45. The van der Waals surface area contributed by atoms with Gasteiger partial charge in [0.1, 0.15) is 0 Å². The van der Waals surface area contributed by atoms with Gasteiger partial charge in [-0.15, -0.1) is 0 Å². The molecule has 0 spiro atoms. The predicted octanol–water partition coefficient (Wildman–Crippen LogP) is 7.41. The van der Waals surface area contributed by atoms with Gasteiger partial charge in [0.15, 0.2) is 0 Å². The van der Waals surface area contributed by atoms with Gasteiger partial charge in [0.25, 0.3) is 0 Å². The van der Waals surface area contributed by atoms with Crippen molar-refractivity contribution in [1.82, 2.24) is 0 Å². The summed E-state index contributed by atoms with van der Waals surface area (Å²) in [6.07, 6.45) is 13.6. The molecular formula is C22H37. The molecule has 0 fully saturated rings. The van der Waals surface area contributed by atoms with Crippen LogP contribution in [0.4, 0.5) is 0 Å². The molecule has 0 heteroatoms. The molecule has 1 aromatic rings. The number of hydrogen-bond donors (Lipinski definition) is 0. The molecule has 0 aliphatic heterocycles. The van der Waals surface area contributed by atoms with Gasteiger partial charge < -0.3 is 0 Å². The molecule has 1 rings (SSSR count). The Bertz CT molecular complexity index is 352. The van der Waals surface area contributed by atoms with Crippen molar-refractivity contribution in [3.8, 4) is 0 Å².